The first-order chi connectivity index (χ1) is 11.3. The summed E-state index contributed by atoms with van der Waals surface area (Å²) in [5, 5.41) is 3.49. The lowest BCUT2D eigenvalue weighted by molar-refractivity contribution is -0.116. The van der Waals surface area contributed by atoms with Gasteiger partial charge in [0.1, 0.15) is 0 Å². The maximum absolute atomic E-state index is 12.0. The first-order valence-corrected chi connectivity index (χ1v) is 8.80. The number of nitrogens with zero attached hydrogens (tertiary/aromatic N) is 2. The van der Waals surface area contributed by atoms with Crippen LogP contribution in [0, 0.1) is 0 Å². The molecular formula is C17H15N3OS2. The van der Waals surface area contributed by atoms with Crippen LogP contribution in [-0.4, -0.2) is 15.9 Å². The molecule has 0 unspecified atom stereocenters. The molecule has 116 valence electrons. The highest BCUT2D eigenvalue weighted by molar-refractivity contribution is 8.01. The van der Waals surface area contributed by atoms with E-state index >= 15 is 0 Å². The van der Waals surface area contributed by atoms with Gasteiger partial charge < -0.3 is 5.32 Å². The Balaban J connectivity index is 1.51. The summed E-state index contributed by atoms with van der Waals surface area (Å²) in [4.78, 5) is 21.4. The molecule has 1 amide bonds. The highest BCUT2D eigenvalue weighted by Crippen LogP contribution is 2.33. The number of pyridine rings is 1. The SMILES string of the molecule is O=C(CCc1cccnc1)Nc1ncc(Sc2ccccc2)s1. The minimum atomic E-state index is -0.0283. The summed E-state index contributed by atoms with van der Waals surface area (Å²) >= 11 is 3.13. The number of aryl methyl sites for hydroxylation is 1. The molecule has 23 heavy (non-hydrogen) atoms. The monoisotopic (exact) mass is 341 g/mol. The molecule has 0 aliphatic rings. The Hall–Kier alpha value is -2.18. The minimum absolute atomic E-state index is 0.0283. The van der Waals surface area contributed by atoms with Crippen LogP contribution >= 0.6 is 23.1 Å². The maximum Gasteiger partial charge on any atom is 0.226 e. The number of carbonyl (C=O) groups is 1. The fraction of sp³-hybridized carbons (Fsp3) is 0.118. The second-order valence-corrected chi connectivity index (χ2v) is 7.21. The summed E-state index contributed by atoms with van der Waals surface area (Å²) < 4.78 is 1.05. The van der Waals surface area contributed by atoms with Gasteiger partial charge in [0.2, 0.25) is 5.91 Å². The van der Waals surface area contributed by atoms with Crippen molar-refractivity contribution in [2.75, 3.05) is 5.32 Å². The molecule has 0 spiro atoms. The number of benzene rings is 1. The van der Waals surface area contributed by atoms with Gasteiger partial charge in [-0.3, -0.25) is 9.78 Å². The van der Waals surface area contributed by atoms with Gasteiger partial charge in [0.15, 0.2) is 5.13 Å². The van der Waals surface area contributed by atoms with Gasteiger partial charge in [-0.05, 0) is 30.2 Å². The van der Waals surface area contributed by atoms with E-state index in [1.165, 1.54) is 11.3 Å². The second-order valence-electron chi connectivity index (χ2n) is 4.81. The van der Waals surface area contributed by atoms with Crippen molar-refractivity contribution in [2.24, 2.45) is 0 Å². The first kappa shape index (κ1) is 15.7. The molecule has 0 atom stereocenters. The van der Waals surface area contributed by atoms with Crippen molar-refractivity contribution in [3.8, 4) is 0 Å². The van der Waals surface area contributed by atoms with Gasteiger partial charge in [-0.1, -0.05) is 47.4 Å². The average molecular weight is 341 g/mol. The third-order valence-corrected chi connectivity index (χ3v) is 5.08. The van der Waals surface area contributed by atoms with E-state index in [2.05, 4.69) is 27.4 Å². The summed E-state index contributed by atoms with van der Waals surface area (Å²) in [6.45, 7) is 0. The minimum Gasteiger partial charge on any atom is -0.302 e. The molecule has 1 N–H and O–H groups in total. The van der Waals surface area contributed by atoms with Gasteiger partial charge in [0.25, 0.3) is 0 Å². The van der Waals surface area contributed by atoms with E-state index in [-0.39, 0.29) is 5.91 Å². The van der Waals surface area contributed by atoms with Gasteiger partial charge in [0.05, 0.1) is 10.4 Å². The Morgan fingerprint density at radius 1 is 1.13 bits per heavy atom. The second kappa shape index (κ2) is 7.89. The Bertz CT molecular complexity index is 760. The Kier molecular flexibility index (Phi) is 5.39. The van der Waals surface area contributed by atoms with Crippen LogP contribution < -0.4 is 5.32 Å². The fourth-order valence-corrected chi connectivity index (χ4v) is 3.84. The van der Waals surface area contributed by atoms with E-state index in [0.717, 1.165) is 14.7 Å². The van der Waals surface area contributed by atoms with E-state index in [1.54, 1.807) is 30.4 Å². The zero-order chi connectivity index (χ0) is 15.9. The number of thiazole rings is 1. The smallest absolute Gasteiger partial charge is 0.226 e. The lowest BCUT2D eigenvalue weighted by Gasteiger charge is -2.01. The molecule has 3 aromatic rings. The highest BCUT2D eigenvalue weighted by Gasteiger charge is 2.08. The molecule has 0 saturated heterocycles. The van der Waals surface area contributed by atoms with Gasteiger partial charge in [0, 0.05) is 23.7 Å². The molecule has 0 aliphatic carbocycles. The predicted molar refractivity (Wildman–Crippen MR) is 93.9 cm³/mol. The lowest BCUT2D eigenvalue weighted by Crippen LogP contribution is -2.12. The molecule has 0 saturated carbocycles. The number of amides is 1. The normalized spacial score (nSPS) is 10.4. The molecule has 1 aromatic carbocycles. The number of hydrogen-bond donors (Lipinski definition) is 1. The molecule has 0 fully saturated rings. The van der Waals surface area contributed by atoms with Gasteiger partial charge in [-0.2, -0.15) is 0 Å². The Labute approximate surface area is 143 Å². The van der Waals surface area contributed by atoms with Crippen molar-refractivity contribution in [1.82, 2.24) is 9.97 Å². The number of rotatable bonds is 6. The van der Waals surface area contributed by atoms with Gasteiger partial charge >= 0.3 is 0 Å². The van der Waals surface area contributed by atoms with E-state index in [1.807, 2.05) is 30.3 Å². The molecule has 4 nitrogen and oxygen atoms in total. The van der Waals surface area contributed by atoms with Crippen LogP contribution in [0.1, 0.15) is 12.0 Å². The molecule has 6 heteroatoms. The zero-order valence-electron chi connectivity index (χ0n) is 12.3. The van der Waals surface area contributed by atoms with Crippen molar-refractivity contribution in [3.63, 3.8) is 0 Å². The van der Waals surface area contributed by atoms with E-state index in [0.29, 0.717) is 18.0 Å². The topological polar surface area (TPSA) is 54.9 Å². The fourth-order valence-electron chi connectivity index (χ4n) is 1.95. The standard InChI is InChI=1S/C17H15N3OS2/c21-15(9-8-13-5-4-10-18-11-13)20-17-19-12-16(23-17)22-14-6-2-1-3-7-14/h1-7,10-12H,8-9H2,(H,19,20,21). The van der Waals surface area contributed by atoms with Crippen molar-refractivity contribution < 1.29 is 4.79 Å². The summed E-state index contributed by atoms with van der Waals surface area (Å²) in [6.07, 6.45) is 6.40. The quantitative estimate of drug-likeness (QED) is 0.728. The number of carbonyl (C=O) groups excluding carboxylic acids is 1. The Morgan fingerprint density at radius 3 is 2.78 bits per heavy atom. The van der Waals surface area contributed by atoms with Crippen molar-refractivity contribution in [1.29, 1.82) is 0 Å². The molecule has 2 aromatic heterocycles. The molecule has 0 radical (unpaired) electrons. The van der Waals surface area contributed by atoms with Crippen LogP contribution in [0.3, 0.4) is 0 Å². The Morgan fingerprint density at radius 2 is 2.00 bits per heavy atom. The third kappa shape index (κ3) is 4.91. The number of anilines is 1. The summed E-state index contributed by atoms with van der Waals surface area (Å²) in [7, 11) is 0. The summed E-state index contributed by atoms with van der Waals surface area (Å²) in [6, 6.07) is 14.0. The van der Waals surface area contributed by atoms with Crippen LogP contribution in [0.15, 0.2) is 70.2 Å². The summed E-state index contributed by atoms with van der Waals surface area (Å²) in [5.41, 5.74) is 1.06. The third-order valence-electron chi connectivity index (χ3n) is 3.06. The molecule has 0 aliphatic heterocycles. The average Bonchev–Trinajstić information content (AvgIpc) is 3.02. The van der Waals surface area contributed by atoms with Crippen LogP contribution in [0.25, 0.3) is 0 Å². The van der Waals surface area contributed by atoms with E-state index < -0.39 is 0 Å². The van der Waals surface area contributed by atoms with Crippen molar-refractivity contribution >= 4 is 34.1 Å². The molecular weight excluding hydrogens is 326 g/mol. The highest BCUT2D eigenvalue weighted by atomic mass is 32.2. The van der Waals surface area contributed by atoms with Crippen LogP contribution in [-0.2, 0) is 11.2 Å². The van der Waals surface area contributed by atoms with Crippen LogP contribution in [0.2, 0.25) is 0 Å². The van der Waals surface area contributed by atoms with E-state index in [9.17, 15) is 4.79 Å². The van der Waals surface area contributed by atoms with Crippen molar-refractivity contribution in [2.45, 2.75) is 21.9 Å². The molecule has 2 heterocycles. The predicted octanol–water partition coefficient (Wildman–Crippen LogP) is 4.26. The number of hydrogen-bond acceptors (Lipinski definition) is 5. The summed E-state index contributed by atoms with van der Waals surface area (Å²) in [5.74, 6) is -0.0283. The van der Waals surface area contributed by atoms with E-state index in [4.69, 9.17) is 0 Å². The van der Waals surface area contributed by atoms with Crippen molar-refractivity contribution in [3.05, 3.63) is 66.6 Å². The number of nitrogens with one attached hydrogen (secondary N) is 1. The van der Waals surface area contributed by atoms with Crippen LogP contribution in [0.4, 0.5) is 5.13 Å². The largest absolute Gasteiger partial charge is 0.302 e. The lowest BCUT2D eigenvalue weighted by atomic mass is 10.1. The number of aromatic nitrogens is 2. The van der Waals surface area contributed by atoms with Crippen LogP contribution in [0.5, 0.6) is 0 Å². The zero-order valence-corrected chi connectivity index (χ0v) is 13.9. The maximum atomic E-state index is 12.0. The van der Waals surface area contributed by atoms with Gasteiger partial charge in [-0.25, -0.2) is 4.98 Å². The first-order valence-electron chi connectivity index (χ1n) is 7.17. The van der Waals surface area contributed by atoms with Gasteiger partial charge in [-0.15, -0.1) is 0 Å². The molecule has 0 bridgehead atoms. The molecule has 3 rings (SSSR count).